The van der Waals surface area contributed by atoms with E-state index in [1.54, 1.807) is 0 Å². The Morgan fingerprint density at radius 2 is 1.81 bits per heavy atom. The van der Waals surface area contributed by atoms with E-state index in [-0.39, 0.29) is 5.91 Å². The second-order valence-corrected chi connectivity index (χ2v) is 7.92. The molecule has 1 amide bonds. The van der Waals surface area contributed by atoms with E-state index in [1.807, 2.05) is 17.0 Å². The van der Waals surface area contributed by atoms with Crippen molar-refractivity contribution in [2.75, 3.05) is 19.6 Å². The van der Waals surface area contributed by atoms with Crippen LogP contribution in [-0.4, -0.2) is 35.3 Å². The van der Waals surface area contributed by atoms with Crippen LogP contribution in [-0.2, 0) is 19.5 Å². The van der Waals surface area contributed by atoms with Gasteiger partial charge in [0.05, 0.1) is 0 Å². The molecule has 0 spiro atoms. The van der Waals surface area contributed by atoms with Gasteiger partial charge in [-0.2, -0.15) is 0 Å². The third-order valence-corrected chi connectivity index (χ3v) is 5.76. The molecule has 1 saturated heterocycles. The zero-order valence-corrected chi connectivity index (χ0v) is 15.7. The first-order valence-corrected chi connectivity index (χ1v) is 9.86. The van der Waals surface area contributed by atoms with E-state index in [0.29, 0.717) is 5.92 Å². The van der Waals surface area contributed by atoms with E-state index in [0.717, 1.165) is 51.1 Å². The first kappa shape index (κ1) is 17.3. The normalized spacial score (nSPS) is 20.7. The molecule has 1 fully saturated rings. The second-order valence-electron chi connectivity index (χ2n) is 7.92. The van der Waals surface area contributed by atoms with Crippen molar-refractivity contribution in [2.24, 2.45) is 5.92 Å². The van der Waals surface area contributed by atoms with E-state index in [4.69, 9.17) is 0 Å². The molecular formula is C23H28N2O. The van der Waals surface area contributed by atoms with E-state index in [9.17, 15) is 4.79 Å². The Bertz CT molecular complexity index is 768. The first-order chi connectivity index (χ1) is 12.7. The fourth-order valence-electron chi connectivity index (χ4n) is 4.26. The number of nitrogens with zero attached hydrogens (tertiary/aromatic N) is 2. The molecule has 2 heterocycles. The minimum atomic E-state index is 0.190. The monoisotopic (exact) mass is 348 g/mol. The highest BCUT2D eigenvalue weighted by atomic mass is 16.2. The lowest BCUT2D eigenvalue weighted by Gasteiger charge is -2.31. The van der Waals surface area contributed by atoms with Crippen LogP contribution in [0.3, 0.4) is 0 Å². The lowest BCUT2D eigenvalue weighted by molar-refractivity contribution is 0.0683. The van der Waals surface area contributed by atoms with Crippen molar-refractivity contribution in [3.05, 3.63) is 70.8 Å². The average Bonchev–Trinajstić information content (AvgIpc) is 2.68. The Kier molecular flexibility index (Phi) is 5.07. The Morgan fingerprint density at radius 1 is 1.04 bits per heavy atom. The highest BCUT2D eigenvalue weighted by Crippen LogP contribution is 2.21. The fraction of sp³-hybridized carbons (Fsp3) is 0.435. The molecule has 2 aliphatic heterocycles. The number of likely N-dealkylation sites (tertiary alicyclic amines) is 1. The van der Waals surface area contributed by atoms with Gasteiger partial charge in [0.25, 0.3) is 5.91 Å². The van der Waals surface area contributed by atoms with Crippen LogP contribution in [0.1, 0.15) is 46.8 Å². The van der Waals surface area contributed by atoms with Gasteiger partial charge >= 0.3 is 0 Å². The third-order valence-electron chi connectivity index (χ3n) is 5.76. The quantitative estimate of drug-likeness (QED) is 0.833. The van der Waals surface area contributed by atoms with Gasteiger partial charge in [0.1, 0.15) is 0 Å². The molecule has 1 unspecified atom stereocenters. The van der Waals surface area contributed by atoms with Crippen molar-refractivity contribution in [1.29, 1.82) is 0 Å². The standard InChI is InChI=1S/C23H28N2O/c1-18-5-4-13-25(15-18)23(26)21-10-8-19(9-11-21)16-24-14-12-20-6-2-3-7-22(20)17-24/h2-3,6-11,18H,4-5,12-17H2,1H3. The molecule has 0 aliphatic carbocycles. The van der Waals surface area contributed by atoms with Crippen LogP contribution < -0.4 is 0 Å². The van der Waals surface area contributed by atoms with Crippen LogP contribution in [0.15, 0.2) is 48.5 Å². The molecule has 0 saturated carbocycles. The number of piperidine rings is 1. The topological polar surface area (TPSA) is 23.6 Å². The summed E-state index contributed by atoms with van der Waals surface area (Å²) < 4.78 is 0. The van der Waals surface area contributed by atoms with Gasteiger partial charge in [0.2, 0.25) is 0 Å². The molecule has 0 radical (unpaired) electrons. The Hall–Kier alpha value is -2.13. The second kappa shape index (κ2) is 7.63. The van der Waals surface area contributed by atoms with Crippen molar-refractivity contribution < 1.29 is 4.79 Å². The summed E-state index contributed by atoms with van der Waals surface area (Å²) in [7, 11) is 0. The van der Waals surface area contributed by atoms with Gasteiger partial charge in [0.15, 0.2) is 0 Å². The molecule has 26 heavy (non-hydrogen) atoms. The predicted octanol–water partition coefficient (Wildman–Crippen LogP) is 4.12. The number of amides is 1. The summed E-state index contributed by atoms with van der Waals surface area (Å²) in [6.07, 6.45) is 3.49. The summed E-state index contributed by atoms with van der Waals surface area (Å²) in [5, 5.41) is 0. The van der Waals surface area contributed by atoms with Crippen LogP contribution in [0.2, 0.25) is 0 Å². The largest absolute Gasteiger partial charge is 0.338 e. The fourth-order valence-corrected chi connectivity index (χ4v) is 4.26. The Morgan fingerprint density at radius 3 is 2.58 bits per heavy atom. The van der Waals surface area contributed by atoms with Crippen molar-refractivity contribution >= 4 is 5.91 Å². The summed E-state index contributed by atoms with van der Waals surface area (Å²) in [6, 6.07) is 17.0. The number of benzene rings is 2. The van der Waals surface area contributed by atoms with Crippen LogP contribution in [0.4, 0.5) is 0 Å². The summed E-state index contributed by atoms with van der Waals surface area (Å²) in [6.45, 7) is 7.10. The van der Waals surface area contributed by atoms with Crippen LogP contribution in [0.5, 0.6) is 0 Å². The smallest absolute Gasteiger partial charge is 0.253 e. The molecule has 0 aromatic heterocycles. The van der Waals surface area contributed by atoms with E-state index in [2.05, 4.69) is 48.2 Å². The average molecular weight is 348 g/mol. The number of hydrogen-bond donors (Lipinski definition) is 0. The third kappa shape index (κ3) is 3.83. The number of hydrogen-bond acceptors (Lipinski definition) is 2. The van der Waals surface area contributed by atoms with Crippen LogP contribution >= 0.6 is 0 Å². The zero-order chi connectivity index (χ0) is 17.9. The van der Waals surface area contributed by atoms with E-state index >= 15 is 0 Å². The Labute approximate surface area is 156 Å². The Balaban J connectivity index is 1.38. The number of fused-ring (bicyclic) bond motifs is 1. The van der Waals surface area contributed by atoms with Crippen molar-refractivity contribution in [3.8, 4) is 0 Å². The summed E-state index contributed by atoms with van der Waals surface area (Å²) in [5.74, 6) is 0.809. The molecule has 1 atom stereocenters. The van der Waals surface area contributed by atoms with Gasteiger partial charge in [-0.25, -0.2) is 0 Å². The summed E-state index contributed by atoms with van der Waals surface area (Å²) in [5.41, 5.74) is 5.05. The maximum Gasteiger partial charge on any atom is 0.253 e. The lowest BCUT2D eigenvalue weighted by atomic mass is 9.98. The van der Waals surface area contributed by atoms with E-state index in [1.165, 1.54) is 23.1 Å². The lowest BCUT2D eigenvalue weighted by Crippen LogP contribution is -2.39. The van der Waals surface area contributed by atoms with Gasteiger partial charge in [-0.1, -0.05) is 43.3 Å². The molecule has 4 rings (SSSR count). The van der Waals surface area contributed by atoms with Crippen molar-refractivity contribution in [3.63, 3.8) is 0 Å². The molecule has 0 N–H and O–H groups in total. The minimum Gasteiger partial charge on any atom is -0.338 e. The van der Waals surface area contributed by atoms with Gasteiger partial charge < -0.3 is 4.90 Å². The SMILES string of the molecule is CC1CCCN(C(=O)c2ccc(CN3CCc4ccccc4C3)cc2)C1. The van der Waals surface area contributed by atoms with Crippen molar-refractivity contribution in [1.82, 2.24) is 9.80 Å². The van der Waals surface area contributed by atoms with Crippen molar-refractivity contribution in [2.45, 2.75) is 39.3 Å². The van der Waals surface area contributed by atoms with Crippen LogP contribution in [0.25, 0.3) is 0 Å². The van der Waals surface area contributed by atoms with Gasteiger partial charge in [-0.15, -0.1) is 0 Å². The summed E-state index contributed by atoms with van der Waals surface area (Å²) >= 11 is 0. The molecule has 2 aromatic rings. The number of carbonyl (C=O) groups excluding carboxylic acids is 1. The minimum absolute atomic E-state index is 0.190. The van der Waals surface area contributed by atoms with Gasteiger partial charge in [-0.3, -0.25) is 9.69 Å². The zero-order valence-electron chi connectivity index (χ0n) is 15.7. The number of rotatable bonds is 3. The first-order valence-electron chi connectivity index (χ1n) is 9.86. The van der Waals surface area contributed by atoms with Gasteiger partial charge in [-0.05, 0) is 54.0 Å². The van der Waals surface area contributed by atoms with Crippen LogP contribution in [0, 0.1) is 5.92 Å². The highest BCUT2D eigenvalue weighted by Gasteiger charge is 2.22. The van der Waals surface area contributed by atoms with E-state index < -0.39 is 0 Å². The molecule has 136 valence electrons. The maximum absolute atomic E-state index is 12.7. The molecule has 2 aliphatic rings. The summed E-state index contributed by atoms with van der Waals surface area (Å²) in [4.78, 5) is 17.2. The van der Waals surface area contributed by atoms with Gasteiger partial charge in [0, 0.05) is 38.3 Å². The maximum atomic E-state index is 12.7. The molecule has 3 nitrogen and oxygen atoms in total. The molecule has 0 bridgehead atoms. The highest BCUT2D eigenvalue weighted by molar-refractivity contribution is 5.94. The molecule has 3 heteroatoms. The predicted molar refractivity (Wildman–Crippen MR) is 105 cm³/mol. The molecule has 2 aromatic carbocycles. The number of carbonyl (C=O) groups is 1. The molecular weight excluding hydrogens is 320 g/mol.